The van der Waals surface area contributed by atoms with E-state index in [0.29, 0.717) is 19.0 Å². The summed E-state index contributed by atoms with van der Waals surface area (Å²) in [4.78, 5) is 1.20. The Morgan fingerprint density at radius 2 is 2.05 bits per heavy atom. The summed E-state index contributed by atoms with van der Waals surface area (Å²) in [6, 6.07) is 7.91. The number of rotatable bonds is 5. The van der Waals surface area contributed by atoms with Crippen molar-refractivity contribution in [3.63, 3.8) is 0 Å². The smallest absolute Gasteiger partial charge is 0.162 e. The molecule has 20 heavy (non-hydrogen) atoms. The number of benzene rings is 1. The van der Waals surface area contributed by atoms with E-state index < -0.39 is 0 Å². The maximum absolute atomic E-state index is 5.58. The summed E-state index contributed by atoms with van der Waals surface area (Å²) in [6.07, 6.45) is 2.95. The molecule has 1 aliphatic rings. The first-order chi connectivity index (χ1) is 9.81. The van der Waals surface area contributed by atoms with Crippen LogP contribution in [0.4, 0.5) is 5.82 Å². The first kappa shape index (κ1) is 13.2. The molecule has 3 rings (SSSR count). The number of ether oxygens (including phenoxy) is 2. The average Bonchev–Trinajstić information content (AvgIpc) is 2.89. The fourth-order valence-electron chi connectivity index (χ4n) is 2.03. The molecule has 0 atom stereocenters. The van der Waals surface area contributed by atoms with E-state index in [2.05, 4.69) is 11.2 Å². The van der Waals surface area contributed by atoms with Gasteiger partial charge < -0.3 is 15.2 Å². The van der Waals surface area contributed by atoms with Gasteiger partial charge in [-0.05, 0) is 36.4 Å². The zero-order chi connectivity index (χ0) is 13.8. The number of fused-ring (bicyclic) bond motifs is 1. The number of nitrogens with zero attached hydrogens (tertiary/aromatic N) is 2. The highest BCUT2D eigenvalue weighted by Gasteiger charge is 2.11. The van der Waals surface area contributed by atoms with E-state index in [0.717, 1.165) is 30.2 Å². The van der Waals surface area contributed by atoms with Crippen molar-refractivity contribution in [1.82, 2.24) is 9.78 Å². The maximum atomic E-state index is 5.58. The summed E-state index contributed by atoms with van der Waals surface area (Å²) in [5.41, 5.74) is 5.58. The third-order valence-electron chi connectivity index (χ3n) is 2.98. The molecule has 0 saturated heterocycles. The minimum atomic E-state index is 0.574. The van der Waals surface area contributed by atoms with Gasteiger partial charge in [-0.1, -0.05) is 0 Å². The summed E-state index contributed by atoms with van der Waals surface area (Å²) < 4.78 is 13.0. The molecule has 0 unspecified atom stereocenters. The number of nitrogens with two attached hydrogens (primary N) is 1. The Kier molecular flexibility index (Phi) is 4.01. The Bertz CT molecular complexity index is 586. The van der Waals surface area contributed by atoms with Gasteiger partial charge in [0.05, 0.1) is 0 Å². The van der Waals surface area contributed by atoms with Gasteiger partial charge in [-0.15, -0.1) is 11.8 Å². The molecule has 2 heterocycles. The van der Waals surface area contributed by atoms with Crippen molar-refractivity contribution < 1.29 is 9.47 Å². The number of aromatic nitrogens is 2. The van der Waals surface area contributed by atoms with Gasteiger partial charge in [0.15, 0.2) is 11.5 Å². The van der Waals surface area contributed by atoms with Gasteiger partial charge in [0, 0.05) is 17.6 Å². The van der Waals surface area contributed by atoms with Crippen molar-refractivity contribution in [1.29, 1.82) is 0 Å². The van der Waals surface area contributed by atoms with Crippen LogP contribution < -0.4 is 15.2 Å². The van der Waals surface area contributed by atoms with Gasteiger partial charge in [0.1, 0.15) is 19.0 Å². The quantitative estimate of drug-likeness (QED) is 0.677. The third-order valence-corrected chi connectivity index (χ3v) is 4.06. The van der Waals surface area contributed by atoms with E-state index in [1.54, 1.807) is 0 Å². The zero-order valence-corrected chi connectivity index (χ0v) is 11.9. The number of nitrogen functional groups attached to an aromatic ring is 1. The molecule has 0 bridgehead atoms. The van der Waals surface area contributed by atoms with Crippen molar-refractivity contribution in [3.05, 3.63) is 30.5 Å². The fourth-order valence-corrected chi connectivity index (χ4v) is 2.90. The van der Waals surface area contributed by atoms with E-state index in [4.69, 9.17) is 15.2 Å². The van der Waals surface area contributed by atoms with Gasteiger partial charge in [-0.3, -0.25) is 4.68 Å². The molecule has 2 N–H and O–H groups in total. The normalized spacial score (nSPS) is 13.4. The predicted molar refractivity (Wildman–Crippen MR) is 79.4 cm³/mol. The van der Waals surface area contributed by atoms with Crippen molar-refractivity contribution >= 4 is 17.6 Å². The van der Waals surface area contributed by atoms with Gasteiger partial charge in [0.2, 0.25) is 0 Å². The molecule has 0 spiro atoms. The average molecular weight is 291 g/mol. The zero-order valence-electron chi connectivity index (χ0n) is 11.1. The van der Waals surface area contributed by atoms with Gasteiger partial charge in [0.25, 0.3) is 0 Å². The van der Waals surface area contributed by atoms with Crippen LogP contribution in [0, 0.1) is 0 Å². The van der Waals surface area contributed by atoms with Crippen LogP contribution in [0.5, 0.6) is 11.5 Å². The van der Waals surface area contributed by atoms with Crippen molar-refractivity contribution in [2.24, 2.45) is 0 Å². The number of thioether (sulfide) groups is 1. The predicted octanol–water partition coefficient (Wildman–Crippen LogP) is 2.42. The van der Waals surface area contributed by atoms with Crippen LogP contribution in [-0.4, -0.2) is 28.7 Å². The van der Waals surface area contributed by atoms with Gasteiger partial charge >= 0.3 is 0 Å². The minimum absolute atomic E-state index is 0.574. The molecule has 2 aromatic rings. The molecule has 5 nitrogen and oxygen atoms in total. The Labute approximate surface area is 122 Å². The monoisotopic (exact) mass is 291 g/mol. The summed E-state index contributed by atoms with van der Waals surface area (Å²) in [5, 5.41) is 4.16. The molecule has 1 aromatic heterocycles. The van der Waals surface area contributed by atoms with E-state index in [1.165, 1.54) is 4.90 Å². The lowest BCUT2D eigenvalue weighted by Gasteiger charge is -2.18. The topological polar surface area (TPSA) is 62.3 Å². The highest BCUT2D eigenvalue weighted by atomic mass is 32.2. The largest absolute Gasteiger partial charge is 0.486 e. The Hall–Kier alpha value is -1.82. The van der Waals surface area contributed by atoms with E-state index >= 15 is 0 Å². The number of aryl methyl sites for hydroxylation is 1. The summed E-state index contributed by atoms with van der Waals surface area (Å²) >= 11 is 1.81. The number of hydrogen-bond acceptors (Lipinski definition) is 5. The molecule has 6 heteroatoms. The van der Waals surface area contributed by atoms with Crippen molar-refractivity contribution in [2.75, 3.05) is 24.7 Å². The van der Waals surface area contributed by atoms with E-state index in [-0.39, 0.29) is 0 Å². The number of anilines is 1. The lowest BCUT2D eigenvalue weighted by Crippen LogP contribution is -2.15. The molecule has 106 valence electrons. The number of hydrogen-bond donors (Lipinski definition) is 1. The van der Waals surface area contributed by atoms with Crippen molar-refractivity contribution in [2.45, 2.75) is 17.9 Å². The van der Waals surface area contributed by atoms with E-state index in [1.807, 2.05) is 40.8 Å². The molecule has 0 aliphatic carbocycles. The second-order valence-corrected chi connectivity index (χ2v) is 5.68. The summed E-state index contributed by atoms with van der Waals surface area (Å²) in [7, 11) is 0. The third kappa shape index (κ3) is 3.19. The molecule has 1 aliphatic heterocycles. The second kappa shape index (κ2) is 6.09. The molecule has 0 fully saturated rings. The molecule has 0 saturated carbocycles. The Morgan fingerprint density at radius 3 is 2.85 bits per heavy atom. The molecule has 0 amide bonds. The van der Waals surface area contributed by atoms with Crippen LogP contribution in [0.15, 0.2) is 35.4 Å². The standard InChI is InChI=1S/C14H17N3O2S/c15-14-4-6-17(16-14)5-1-9-20-11-2-3-12-13(10-11)19-8-7-18-12/h2-4,6,10H,1,5,7-9H2,(H2,15,16). The lowest BCUT2D eigenvalue weighted by atomic mass is 10.3. The molecular weight excluding hydrogens is 274 g/mol. The van der Waals surface area contributed by atoms with Gasteiger partial charge in [-0.25, -0.2) is 0 Å². The van der Waals surface area contributed by atoms with Crippen molar-refractivity contribution in [3.8, 4) is 11.5 Å². The highest BCUT2D eigenvalue weighted by Crippen LogP contribution is 2.34. The van der Waals surface area contributed by atoms with Crippen LogP contribution in [0.3, 0.4) is 0 Å². The molecular formula is C14H17N3O2S. The van der Waals surface area contributed by atoms with Gasteiger partial charge in [-0.2, -0.15) is 5.10 Å². The fraction of sp³-hybridized carbons (Fsp3) is 0.357. The van der Waals surface area contributed by atoms with Crippen LogP contribution in [0.2, 0.25) is 0 Å². The van der Waals surface area contributed by atoms with E-state index in [9.17, 15) is 0 Å². The van der Waals surface area contributed by atoms with Crippen LogP contribution in [0.1, 0.15) is 6.42 Å². The first-order valence-electron chi connectivity index (χ1n) is 6.63. The lowest BCUT2D eigenvalue weighted by molar-refractivity contribution is 0.171. The summed E-state index contributed by atoms with van der Waals surface area (Å²) in [5.74, 6) is 3.29. The van der Waals surface area contributed by atoms with Crippen LogP contribution in [0.25, 0.3) is 0 Å². The summed E-state index contributed by atoms with van der Waals surface area (Å²) in [6.45, 7) is 2.14. The minimum Gasteiger partial charge on any atom is -0.486 e. The second-order valence-electron chi connectivity index (χ2n) is 4.51. The Balaban J connectivity index is 1.48. The van der Waals surface area contributed by atoms with Crippen LogP contribution in [-0.2, 0) is 6.54 Å². The molecule has 0 radical (unpaired) electrons. The Morgan fingerprint density at radius 1 is 1.20 bits per heavy atom. The SMILES string of the molecule is Nc1ccn(CCCSc2ccc3c(c2)OCCO3)n1. The van der Waals surface area contributed by atoms with Crippen LogP contribution >= 0.6 is 11.8 Å². The highest BCUT2D eigenvalue weighted by molar-refractivity contribution is 7.99. The first-order valence-corrected chi connectivity index (χ1v) is 7.61. The maximum Gasteiger partial charge on any atom is 0.162 e. The molecule has 1 aromatic carbocycles.